The minimum absolute atomic E-state index is 0.310. The van der Waals surface area contributed by atoms with Crippen LogP contribution in [0.25, 0.3) is 0 Å². The maximum absolute atomic E-state index is 11.5. The Bertz CT molecular complexity index is 348. The number of carbonyl (C=O) groups is 1. The second-order valence-electron chi connectivity index (χ2n) is 3.88. The van der Waals surface area contributed by atoms with E-state index in [0.29, 0.717) is 0 Å². The second kappa shape index (κ2) is 5.05. The summed E-state index contributed by atoms with van der Waals surface area (Å²) in [4.78, 5) is 17.7. The molecule has 0 radical (unpaired) electrons. The molecule has 1 aromatic heterocycles. The van der Waals surface area contributed by atoms with Crippen molar-refractivity contribution in [3.05, 3.63) is 30.1 Å². The van der Waals surface area contributed by atoms with Gasteiger partial charge in [-0.15, -0.1) is 0 Å². The van der Waals surface area contributed by atoms with Crippen LogP contribution in [0.1, 0.15) is 11.6 Å². The molecule has 86 valence electrons. The molecule has 0 spiro atoms. The molecule has 1 aromatic rings. The first kappa shape index (κ1) is 11.0. The Morgan fingerprint density at radius 1 is 1.50 bits per heavy atom. The van der Waals surface area contributed by atoms with Crippen molar-refractivity contribution in [2.75, 3.05) is 26.2 Å². The highest BCUT2D eigenvalue weighted by molar-refractivity contribution is 5.81. The highest BCUT2D eigenvalue weighted by atomic mass is 16.1. The maximum atomic E-state index is 11.5. The molecule has 1 fully saturated rings. The van der Waals surface area contributed by atoms with Crippen LogP contribution in [-0.4, -0.2) is 42.0 Å². The summed E-state index contributed by atoms with van der Waals surface area (Å²) in [5.41, 5.74) is 6.34. The molecule has 5 heteroatoms. The van der Waals surface area contributed by atoms with E-state index in [-0.39, 0.29) is 11.9 Å². The van der Waals surface area contributed by atoms with Crippen molar-refractivity contribution in [2.24, 2.45) is 5.73 Å². The van der Waals surface area contributed by atoms with Gasteiger partial charge in [0, 0.05) is 38.6 Å². The molecule has 0 saturated carbocycles. The molecule has 5 nitrogen and oxygen atoms in total. The Morgan fingerprint density at radius 2 is 2.25 bits per heavy atom. The molecular formula is C11H16N4O. The largest absolute Gasteiger partial charge is 0.368 e. The van der Waals surface area contributed by atoms with Crippen LogP contribution >= 0.6 is 0 Å². The molecule has 1 unspecified atom stereocenters. The first-order valence-electron chi connectivity index (χ1n) is 5.43. The monoisotopic (exact) mass is 220 g/mol. The Hall–Kier alpha value is -1.46. The average Bonchev–Trinajstić information content (AvgIpc) is 2.31. The summed E-state index contributed by atoms with van der Waals surface area (Å²) < 4.78 is 0. The van der Waals surface area contributed by atoms with Crippen molar-refractivity contribution in [2.45, 2.75) is 6.04 Å². The van der Waals surface area contributed by atoms with E-state index in [1.807, 2.05) is 12.1 Å². The number of primary amides is 1. The van der Waals surface area contributed by atoms with Crippen LogP contribution in [0.2, 0.25) is 0 Å². The van der Waals surface area contributed by atoms with E-state index in [2.05, 4.69) is 15.2 Å². The Labute approximate surface area is 94.6 Å². The predicted molar refractivity (Wildman–Crippen MR) is 60.6 cm³/mol. The standard InChI is InChI=1S/C11H16N4O/c12-11(16)10(9-2-1-3-14-8-9)15-6-4-13-5-7-15/h1-3,8,10,13H,4-7H2,(H2,12,16). The topological polar surface area (TPSA) is 71.2 Å². The van der Waals surface area contributed by atoms with Crippen molar-refractivity contribution >= 4 is 5.91 Å². The molecule has 3 N–H and O–H groups in total. The zero-order valence-electron chi connectivity index (χ0n) is 9.10. The van der Waals surface area contributed by atoms with Gasteiger partial charge in [0.05, 0.1) is 0 Å². The number of hydrogen-bond acceptors (Lipinski definition) is 4. The van der Waals surface area contributed by atoms with E-state index in [9.17, 15) is 4.79 Å². The molecule has 1 atom stereocenters. The van der Waals surface area contributed by atoms with Gasteiger partial charge in [-0.05, 0) is 11.6 Å². The minimum atomic E-state index is -0.351. The molecule has 0 aromatic carbocycles. The van der Waals surface area contributed by atoms with Crippen LogP contribution in [0.4, 0.5) is 0 Å². The highest BCUT2D eigenvalue weighted by Gasteiger charge is 2.26. The minimum Gasteiger partial charge on any atom is -0.368 e. The van der Waals surface area contributed by atoms with E-state index in [0.717, 1.165) is 31.7 Å². The fraction of sp³-hybridized carbons (Fsp3) is 0.455. The lowest BCUT2D eigenvalue weighted by molar-refractivity contribution is -0.123. The van der Waals surface area contributed by atoms with Gasteiger partial charge in [-0.1, -0.05) is 6.07 Å². The lowest BCUT2D eigenvalue weighted by Crippen LogP contribution is -2.48. The molecule has 0 aliphatic carbocycles. The van der Waals surface area contributed by atoms with E-state index in [1.54, 1.807) is 12.4 Å². The third kappa shape index (κ3) is 2.37. The van der Waals surface area contributed by atoms with Crippen molar-refractivity contribution in [3.63, 3.8) is 0 Å². The number of rotatable bonds is 3. The van der Waals surface area contributed by atoms with Crippen LogP contribution in [0.3, 0.4) is 0 Å². The number of hydrogen-bond donors (Lipinski definition) is 2. The first-order valence-corrected chi connectivity index (χ1v) is 5.43. The smallest absolute Gasteiger partial charge is 0.239 e. The lowest BCUT2D eigenvalue weighted by atomic mass is 10.1. The second-order valence-corrected chi connectivity index (χ2v) is 3.88. The summed E-state index contributed by atoms with van der Waals surface area (Å²) >= 11 is 0. The zero-order valence-corrected chi connectivity index (χ0v) is 9.10. The Balaban J connectivity index is 2.20. The van der Waals surface area contributed by atoms with E-state index in [1.165, 1.54) is 0 Å². The van der Waals surface area contributed by atoms with Gasteiger partial charge in [-0.25, -0.2) is 0 Å². The summed E-state index contributed by atoms with van der Waals surface area (Å²) in [6.07, 6.45) is 3.40. The van der Waals surface area contributed by atoms with Gasteiger partial charge in [0.2, 0.25) is 5.91 Å². The van der Waals surface area contributed by atoms with Crippen molar-refractivity contribution in [1.29, 1.82) is 0 Å². The molecular weight excluding hydrogens is 204 g/mol. The lowest BCUT2D eigenvalue weighted by Gasteiger charge is -2.33. The molecule has 2 heterocycles. The summed E-state index contributed by atoms with van der Waals surface area (Å²) in [7, 11) is 0. The molecule has 0 bridgehead atoms. The third-order valence-electron chi connectivity index (χ3n) is 2.79. The fourth-order valence-corrected chi connectivity index (χ4v) is 2.03. The quantitative estimate of drug-likeness (QED) is 0.721. The van der Waals surface area contributed by atoms with E-state index >= 15 is 0 Å². The number of nitrogens with one attached hydrogen (secondary N) is 1. The SMILES string of the molecule is NC(=O)C(c1cccnc1)N1CCNCC1. The van der Waals surface area contributed by atoms with E-state index in [4.69, 9.17) is 5.73 Å². The Kier molecular flexibility index (Phi) is 3.48. The first-order chi connectivity index (χ1) is 7.79. The van der Waals surface area contributed by atoms with Crippen molar-refractivity contribution in [1.82, 2.24) is 15.2 Å². The van der Waals surface area contributed by atoms with Gasteiger partial charge in [0.15, 0.2) is 0 Å². The zero-order chi connectivity index (χ0) is 11.4. The third-order valence-corrected chi connectivity index (χ3v) is 2.79. The molecule has 1 saturated heterocycles. The summed E-state index contributed by atoms with van der Waals surface area (Å²) in [6.45, 7) is 3.46. The van der Waals surface area contributed by atoms with Crippen LogP contribution in [0, 0.1) is 0 Å². The normalized spacial score (nSPS) is 19.2. The average molecular weight is 220 g/mol. The molecule has 2 rings (SSSR count). The number of carbonyl (C=O) groups excluding carboxylic acids is 1. The van der Waals surface area contributed by atoms with Crippen LogP contribution < -0.4 is 11.1 Å². The number of nitrogens with two attached hydrogens (primary N) is 1. The van der Waals surface area contributed by atoms with Crippen molar-refractivity contribution < 1.29 is 4.79 Å². The summed E-state index contributed by atoms with van der Waals surface area (Å²) in [5.74, 6) is -0.310. The predicted octanol–water partition coefficient (Wildman–Crippen LogP) is -0.487. The number of aromatic nitrogens is 1. The van der Waals surface area contributed by atoms with Crippen LogP contribution in [0.15, 0.2) is 24.5 Å². The fourth-order valence-electron chi connectivity index (χ4n) is 2.03. The maximum Gasteiger partial charge on any atom is 0.239 e. The van der Waals surface area contributed by atoms with Gasteiger partial charge in [-0.2, -0.15) is 0 Å². The molecule has 1 amide bonds. The number of pyridine rings is 1. The summed E-state index contributed by atoms with van der Waals surface area (Å²) in [5, 5.41) is 3.25. The van der Waals surface area contributed by atoms with E-state index < -0.39 is 0 Å². The molecule has 1 aliphatic rings. The van der Waals surface area contributed by atoms with Gasteiger partial charge in [0.1, 0.15) is 6.04 Å². The number of piperazine rings is 1. The van der Waals surface area contributed by atoms with Gasteiger partial charge >= 0.3 is 0 Å². The van der Waals surface area contributed by atoms with Crippen molar-refractivity contribution in [3.8, 4) is 0 Å². The number of amides is 1. The van der Waals surface area contributed by atoms with Gasteiger partial charge in [0.25, 0.3) is 0 Å². The molecule has 1 aliphatic heterocycles. The van der Waals surface area contributed by atoms with Gasteiger partial charge < -0.3 is 11.1 Å². The summed E-state index contributed by atoms with van der Waals surface area (Å²) in [6, 6.07) is 3.37. The number of nitrogens with zero attached hydrogens (tertiary/aromatic N) is 2. The molecule has 16 heavy (non-hydrogen) atoms. The highest BCUT2D eigenvalue weighted by Crippen LogP contribution is 2.19. The van der Waals surface area contributed by atoms with Crippen LogP contribution in [-0.2, 0) is 4.79 Å². The van der Waals surface area contributed by atoms with Gasteiger partial charge in [-0.3, -0.25) is 14.7 Å². The van der Waals surface area contributed by atoms with Crippen LogP contribution in [0.5, 0.6) is 0 Å². The Morgan fingerprint density at radius 3 is 2.81 bits per heavy atom.